The van der Waals surface area contributed by atoms with E-state index in [2.05, 4.69) is 17.4 Å². The van der Waals surface area contributed by atoms with Gasteiger partial charge in [0.15, 0.2) is 0 Å². The van der Waals surface area contributed by atoms with Gasteiger partial charge in [-0.25, -0.2) is 0 Å². The average molecular weight is 338 g/mol. The fourth-order valence-electron chi connectivity index (χ4n) is 3.99. The number of carbonyl (C=O) groups excluding carboxylic acids is 1. The zero-order valence-corrected chi connectivity index (χ0v) is 14.1. The lowest BCUT2D eigenvalue weighted by Gasteiger charge is -2.46. The first-order chi connectivity index (χ1) is 12.2. The van der Waals surface area contributed by atoms with Gasteiger partial charge in [0.2, 0.25) is 5.91 Å². The van der Waals surface area contributed by atoms with Crippen LogP contribution in [-0.2, 0) is 11.3 Å². The summed E-state index contributed by atoms with van der Waals surface area (Å²) in [4.78, 5) is 14.3. The smallest absolute Gasteiger partial charge is 0.235 e. The molecule has 4 atom stereocenters. The van der Waals surface area contributed by atoms with E-state index >= 15 is 0 Å². The highest BCUT2D eigenvalue weighted by Crippen LogP contribution is 2.43. The van der Waals surface area contributed by atoms with Crippen molar-refractivity contribution in [1.82, 2.24) is 5.32 Å². The van der Waals surface area contributed by atoms with Crippen LogP contribution in [0.4, 0.5) is 5.69 Å². The van der Waals surface area contributed by atoms with Crippen LogP contribution in [0.15, 0.2) is 54.6 Å². The van der Waals surface area contributed by atoms with E-state index in [1.165, 1.54) is 5.56 Å². The van der Waals surface area contributed by atoms with Crippen LogP contribution >= 0.6 is 0 Å². The Kier molecular flexibility index (Phi) is 4.19. The number of methoxy groups -OCH3 is 1. The van der Waals surface area contributed by atoms with Crippen molar-refractivity contribution in [2.24, 2.45) is 5.92 Å². The maximum absolute atomic E-state index is 12.5. The number of ether oxygens (including phenoxy) is 1. The molecule has 130 valence electrons. The molecule has 25 heavy (non-hydrogen) atoms. The van der Waals surface area contributed by atoms with Gasteiger partial charge < -0.3 is 20.1 Å². The molecule has 4 rings (SSSR count). The third kappa shape index (κ3) is 2.79. The summed E-state index contributed by atoms with van der Waals surface area (Å²) in [7, 11) is 1.62. The lowest BCUT2D eigenvalue weighted by molar-refractivity contribution is -0.132. The van der Waals surface area contributed by atoms with Gasteiger partial charge in [-0.1, -0.05) is 30.3 Å². The SMILES string of the molecule is COc1ccc(N2C(=O)[C@@H]3[C@H]2[C@@H](NCc2ccccc2)C[C@H]3O)cc1. The van der Waals surface area contributed by atoms with E-state index in [1.54, 1.807) is 7.11 Å². The lowest BCUT2D eigenvalue weighted by atomic mass is 9.87. The first kappa shape index (κ1) is 16.1. The summed E-state index contributed by atoms with van der Waals surface area (Å²) in [5.41, 5.74) is 2.05. The molecule has 1 saturated heterocycles. The molecule has 0 bridgehead atoms. The molecule has 2 fully saturated rings. The van der Waals surface area contributed by atoms with Crippen LogP contribution in [0.1, 0.15) is 12.0 Å². The zero-order valence-electron chi connectivity index (χ0n) is 14.1. The van der Waals surface area contributed by atoms with Crippen molar-refractivity contribution in [3.63, 3.8) is 0 Å². The Balaban J connectivity index is 1.50. The fourth-order valence-corrected chi connectivity index (χ4v) is 3.99. The number of amides is 1. The standard InChI is InChI=1S/C20H22N2O3/c1-25-15-9-7-14(8-10-15)22-19-16(11-17(23)18(19)20(22)24)21-12-13-5-3-2-4-6-13/h2-10,16-19,21,23H,11-12H2,1H3/t16-,17+,18-,19+/m0/s1. The highest BCUT2D eigenvalue weighted by molar-refractivity contribution is 6.04. The van der Waals surface area contributed by atoms with Crippen LogP contribution in [0.5, 0.6) is 5.75 Å². The number of fused-ring (bicyclic) bond motifs is 1. The molecule has 1 amide bonds. The highest BCUT2D eigenvalue weighted by Gasteiger charge is 2.59. The number of rotatable bonds is 5. The van der Waals surface area contributed by atoms with Crippen molar-refractivity contribution in [2.45, 2.75) is 31.2 Å². The number of carbonyl (C=O) groups is 1. The minimum atomic E-state index is -0.569. The summed E-state index contributed by atoms with van der Waals surface area (Å²) in [6, 6.07) is 17.7. The molecule has 1 aliphatic carbocycles. The monoisotopic (exact) mass is 338 g/mol. The van der Waals surface area contributed by atoms with Crippen molar-refractivity contribution in [2.75, 3.05) is 12.0 Å². The first-order valence-corrected chi connectivity index (χ1v) is 8.61. The van der Waals surface area contributed by atoms with Crippen molar-refractivity contribution >= 4 is 11.6 Å². The number of hydrogen-bond donors (Lipinski definition) is 2. The summed E-state index contributed by atoms with van der Waals surface area (Å²) >= 11 is 0. The van der Waals surface area contributed by atoms with Gasteiger partial charge in [-0.3, -0.25) is 4.79 Å². The van der Waals surface area contributed by atoms with Gasteiger partial charge >= 0.3 is 0 Å². The molecule has 2 aromatic carbocycles. The maximum atomic E-state index is 12.5. The summed E-state index contributed by atoms with van der Waals surface area (Å²) in [5, 5.41) is 13.8. The molecular formula is C20H22N2O3. The van der Waals surface area contributed by atoms with Crippen LogP contribution < -0.4 is 15.0 Å². The summed E-state index contributed by atoms with van der Waals surface area (Å²) in [6.45, 7) is 0.728. The van der Waals surface area contributed by atoms with E-state index in [9.17, 15) is 9.90 Å². The molecule has 1 saturated carbocycles. The van der Waals surface area contributed by atoms with E-state index < -0.39 is 6.10 Å². The van der Waals surface area contributed by atoms with Gasteiger partial charge in [0, 0.05) is 18.3 Å². The molecule has 0 unspecified atom stereocenters. The number of β-lactam (4-membered cyclic amide) rings is 1. The Morgan fingerprint density at radius 3 is 2.56 bits per heavy atom. The number of nitrogens with zero attached hydrogens (tertiary/aromatic N) is 1. The van der Waals surface area contributed by atoms with Crippen LogP contribution in [0.2, 0.25) is 0 Å². The third-order valence-corrected chi connectivity index (χ3v) is 5.27. The average Bonchev–Trinajstić information content (AvgIpc) is 2.93. The van der Waals surface area contributed by atoms with Crippen molar-refractivity contribution in [3.8, 4) is 5.75 Å². The summed E-state index contributed by atoms with van der Waals surface area (Å²) in [5.74, 6) is 0.473. The Labute approximate surface area is 147 Å². The maximum Gasteiger partial charge on any atom is 0.235 e. The number of benzene rings is 2. The lowest BCUT2D eigenvalue weighted by Crippen LogP contribution is -2.66. The van der Waals surface area contributed by atoms with Crippen LogP contribution in [0, 0.1) is 5.92 Å². The zero-order chi connectivity index (χ0) is 17.4. The first-order valence-electron chi connectivity index (χ1n) is 8.61. The molecule has 0 aromatic heterocycles. The summed E-state index contributed by atoms with van der Waals surface area (Å²) in [6.07, 6.45) is 0.0286. The largest absolute Gasteiger partial charge is 0.497 e. The second-order valence-corrected chi connectivity index (χ2v) is 6.70. The molecule has 1 aliphatic heterocycles. The van der Waals surface area contributed by atoms with Gasteiger partial charge in [-0.05, 0) is 36.2 Å². The number of hydrogen-bond acceptors (Lipinski definition) is 4. The highest BCUT2D eigenvalue weighted by atomic mass is 16.5. The molecule has 2 aromatic rings. The molecule has 2 aliphatic rings. The molecule has 2 N–H and O–H groups in total. The van der Waals surface area contributed by atoms with Crippen LogP contribution in [-0.4, -0.2) is 36.3 Å². The van der Waals surface area contributed by atoms with Gasteiger partial charge in [0.25, 0.3) is 0 Å². The molecule has 0 spiro atoms. The predicted molar refractivity (Wildman–Crippen MR) is 95.5 cm³/mol. The normalized spacial score (nSPS) is 27.8. The number of anilines is 1. The van der Waals surface area contributed by atoms with Crippen LogP contribution in [0.25, 0.3) is 0 Å². The quantitative estimate of drug-likeness (QED) is 0.818. The number of nitrogens with one attached hydrogen (secondary N) is 1. The molecule has 5 heteroatoms. The Hall–Kier alpha value is -2.37. The van der Waals surface area contributed by atoms with E-state index in [0.717, 1.165) is 18.0 Å². The third-order valence-electron chi connectivity index (χ3n) is 5.27. The molecule has 1 heterocycles. The minimum absolute atomic E-state index is 0.000364. The number of aliphatic hydroxyl groups excluding tert-OH is 1. The Morgan fingerprint density at radius 1 is 1.16 bits per heavy atom. The van der Waals surface area contributed by atoms with Crippen LogP contribution in [0.3, 0.4) is 0 Å². The van der Waals surface area contributed by atoms with Gasteiger partial charge in [0.05, 0.1) is 25.2 Å². The van der Waals surface area contributed by atoms with Gasteiger partial charge in [-0.15, -0.1) is 0 Å². The van der Waals surface area contributed by atoms with E-state index in [1.807, 2.05) is 47.4 Å². The molecule has 0 radical (unpaired) electrons. The molecular weight excluding hydrogens is 316 g/mol. The van der Waals surface area contributed by atoms with Crippen molar-refractivity contribution in [1.29, 1.82) is 0 Å². The van der Waals surface area contributed by atoms with Crippen molar-refractivity contribution < 1.29 is 14.6 Å². The second kappa shape index (κ2) is 6.50. The van der Waals surface area contributed by atoms with E-state index in [-0.39, 0.29) is 23.9 Å². The van der Waals surface area contributed by atoms with Gasteiger partial charge in [0.1, 0.15) is 5.75 Å². The van der Waals surface area contributed by atoms with E-state index in [4.69, 9.17) is 4.74 Å². The summed E-state index contributed by atoms with van der Waals surface area (Å²) < 4.78 is 5.18. The van der Waals surface area contributed by atoms with Gasteiger partial charge in [-0.2, -0.15) is 0 Å². The second-order valence-electron chi connectivity index (χ2n) is 6.70. The minimum Gasteiger partial charge on any atom is -0.497 e. The fraction of sp³-hybridized carbons (Fsp3) is 0.350. The number of aliphatic hydroxyl groups is 1. The topological polar surface area (TPSA) is 61.8 Å². The molecule has 5 nitrogen and oxygen atoms in total. The van der Waals surface area contributed by atoms with E-state index in [0.29, 0.717) is 6.42 Å². The Morgan fingerprint density at radius 2 is 1.88 bits per heavy atom. The predicted octanol–water partition coefficient (Wildman–Crippen LogP) is 1.95. The Bertz CT molecular complexity index is 747. The van der Waals surface area contributed by atoms with Crippen molar-refractivity contribution in [3.05, 3.63) is 60.2 Å².